The summed E-state index contributed by atoms with van der Waals surface area (Å²) < 4.78 is 5.81. The third-order valence-corrected chi connectivity index (χ3v) is 3.53. The van der Waals surface area contributed by atoms with Crippen LogP contribution in [0.4, 0.5) is 0 Å². The molecule has 0 aromatic carbocycles. The van der Waals surface area contributed by atoms with E-state index in [2.05, 4.69) is 4.99 Å². The lowest BCUT2D eigenvalue weighted by atomic mass is 10.3. The number of aliphatic imine (C=N–C) groups is 1. The van der Waals surface area contributed by atoms with Crippen molar-refractivity contribution in [2.24, 2.45) is 4.99 Å². The summed E-state index contributed by atoms with van der Waals surface area (Å²) in [7, 11) is 0. The Kier molecular flexibility index (Phi) is 5.01. The molecule has 0 amide bonds. The molecule has 0 fully saturated rings. The van der Waals surface area contributed by atoms with Gasteiger partial charge in [-0.15, -0.1) is 11.8 Å². The predicted molar refractivity (Wildman–Crippen MR) is 62.0 cm³/mol. The van der Waals surface area contributed by atoms with E-state index in [1.807, 2.05) is 6.26 Å². The van der Waals surface area contributed by atoms with Crippen LogP contribution in [0.25, 0.3) is 0 Å². The summed E-state index contributed by atoms with van der Waals surface area (Å²) in [5.74, 6) is 1.26. The number of rotatable bonds is 3. The molecule has 0 bridgehead atoms. The van der Waals surface area contributed by atoms with Gasteiger partial charge in [0.15, 0.2) is 6.29 Å². The van der Waals surface area contributed by atoms with Crippen molar-refractivity contribution in [1.82, 2.24) is 0 Å². The molecule has 0 saturated carbocycles. The van der Waals surface area contributed by atoms with E-state index in [0.29, 0.717) is 21.5 Å². The molecule has 0 unspecified atom stereocenters. The van der Waals surface area contributed by atoms with Crippen molar-refractivity contribution in [2.45, 2.75) is 5.75 Å². The minimum atomic E-state index is 0.522. The standard InChI is InChI=1S/C9H8N2O2S2/c1-14-9(11-6-10)15-5-8-2-7(3-12)4-13-8/h2-4H,5H2,1H3. The first-order valence-corrected chi connectivity index (χ1v) is 6.17. The fourth-order valence-corrected chi connectivity index (χ4v) is 2.15. The van der Waals surface area contributed by atoms with Gasteiger partial charge in [-0.1, -0.05) is 11.8 Å². The van der Waals surface area contributed by atoms with Crippen LogP contribution in [0.2, 0.25) is 0 Å². The van der Waals surface area contributed by atoms with Crippen LogP contribution in [-0.4, -0.2) is 16.9 Å². The predicted octanol–water partition coefficient (Wildman–Crippen LogP) is 2.53. The Morgan fingerprint density at radius 3 is 3.13 bits per heavy atom. The Hall–Kier alpha value is -1.19. The number of thioether (sulfide) groups is 2. The van der Waals surface area contributed by atoms with E-state index in [9.17, 15) is 4.79 Å². The van der Waals surface area contributed by atoms with Crippen LogP contribution >= 0.6 is 23.5 Å². The van der Waals surface area contributed by atoms with Crippen LogP contribution in [0.5, 0.6) is 0 Å². The van der Waals surface area contributed by atoms with Crippen molar-refractivity contribution in [3.05, 3.63) is 23.7 Å². The van der Waals surface area contributed by atoms with Gasteiger partial charge in [-0.05, 0) is 12.3 Å². The van der Waals surface area contributed by atoms with Gasteiger partial charge in [0, 0.05) is 0 Å². The number of hydrogen-bond donors (Lipinski definition) is 0. The van der Waals surface area contributed by atoms with Crippen LogP contribution in [0.15, 0.2) is 21.7 Å². The van der Waals surface area contributed by atoms with Crippen LogP contribution in [0.1, 0.15) is 16.1 Å². The van der Waals surface area contributed by atoms with E-state index in [1.165, 1.54) is 29.8 Å². The first kappa shape index (κ1) is 11.9. The third-order valence-electron chi connectivity index (χ3n) is 1.46. The Morgan fingerprint density at radius 2 is 2.60 bits per heavy atom. The number of carbonyl (C=O) groups excluding carboxylic acids is 1. The van der Waals surface area contributed by atoms with Crippen LogP contribution in [-0.2, 0) is 5.75 Å². The number of hydrogen-bond acceptors (Lipinski definition) is 6. The summed E-state index contributed by atoms with van der Waals surface area (Å²) in [6.45, 7) is 0. The van der Waals surface area contributed by atoms with E-state index >= 15 is 0 Å². The maximum absolute atomic E-state index is 10.4. The molecule has 0 aliphatic carbocycles. The van der Waals surface area contributed by atoms with Gasteiger partial charge in [0.2, 0.25) is 6.19 Å². The zero-order chi connectivity index (χ0) is 11.1. The molecule has 15 heavy (non-hydrogen) atoms. The van der Waals surface area contributed by atoms with Gasteiger partial charge in [-0.3, -0.25) is 4.79 Å². The zero-order valence-corrected chi connectivity index (χ0v) is 9.60. The average molecular weight is 240 g/mol. The number of nitrogens with zero attached hydrogens (tertiary/aromatic N) is 2. The molecule has 0 N–H and O–H groups in total. The first-order chi connectivity index (χ1) is 7.30. The lowest BCUT2D eigenvalue weighted by Gasteiger charge is -1.97. The Bertz CT molecular complexity index is 406. The number of carbonyl (C=O) groups is 1. The van der Waals surface area contributed by atoms with Crippen LogP contribution < -0.4 is 0 Å². The van der Waals surface area contributed by atoms with Crippen molar-refractivity contribution < 1.29 is 9.21 Å². The molecule has 1 aromatic rings. The second kappa shape index (κ2) is 6.32. The van der Waals surface area contributed by atoms with Crippen LogP contribution in [0, 0.1) is 11.5 Å². The van der Waals surface area contributed by atoms with Crippen molar-refractivity contribution in [2.75, 3.05) is 6.26 Å². The first-order valence-electron chi connectivity index (χ1n) is 3.96. The highest BCUT2D eigenvalue weighted by atomic mass is 32.2. The molecule has 6 heteroatoms. The maximum atomic E-state index is 10.4. The van der Waals surface area contributed by atoms with Crippen molar-refractivity contribution in [1.29, 1.82) is 5.26 Å². The maximum Gasteiger partial charge on any atom is 0.207 e. The highest BCUT2D eigenvalue weighted by Gasteiger charge is 2.04. The molecule has 1 heterocycles. The minimum Gasteiger partial charge on any atom is -0.468 e. The van der Waals surface area contributed by atoms with Gasteiger partial charge in [-0.2, -0.15) is 10.3 Å². The van der Waals surface area contributed by atoms with Gasteiger partial charge in [-0.25, -0.2) is 0 Å². The summed E-state index contributed by atoms with van der Waals surface area (Å²) in [5, 5.41) is 8.37. The Morgan fingerprint density at radius 1 is 1.80 bits per heavy atom. The SMILES string of the molecule is CSC(=NC#N)SCc1cc(C=O)co1. The van der Waals surface area contributed by atoms with Crippen molar-refractivity contribution in [3.63, 3.8) is 0 Å². The molecule has 0 spiro atoms. The molecular formula is C9H8N2O2S2. The second-order valence-corrected chi connectivity index (χ2v) is 4.45. The molecule has 0 radical (unpaired) electrons. The van der Waals surface area contributed by atoms with E-state index < -0.39 is 0 Å². The smallest absolute Gasteiger partial charge is 0.207 e. The van der Waals surface area contributed by atoms with Crippen molar-refractivity contribution >= 4 is 34.2 Å². The van der Waals surface area contributed by atoms with Crippen molar-refractivity contribution in [3.8, 4) is 6.19 Å². The second-order valence-electron chi connectivity index (χ2n) is 2.43. The fraction of sp³-hybridized carbons (Fsp3) is 0.222. The number of furan rings is 1. The molecule has 1 aromatic heterocycles. The third kappa shape index (κ3) is 3.81. The molecule has 1 rings (SSSR count). The molecule has 0 aliphatic rings. The monoisotopic (exact) mass is 240 g/mol. The summed E-state index contributed by atoms with van der Waals surface area (Å²) in [5.41, 5.74) is 0.522. The molecule has 78 valence electrons. The van der Waals surface area contributed by atoms with Gasteiger partial charge < -0.3 is 4.42 Å². The molecule has 0 aliphatic heterocycles. The Labute approximate surface area is 95.7 Å². The number of nitriles is 1. The summed E-state index contributed by atoms with van der Waals surface area (Å²) in [4.78, 5) is 14.0. The molecule has 4 nitrogen and oxygen atoms in total. The molecular weight excluding hydrogens is 232 g/mol. The zero-order valence-electron chi connectivity index (χ0n) is 7.97. The van der Waals surface area contributed by atoms with Gasteiger partial charge in [0.1, 0.15) is 16.4 Å². The highest BCUT2D eigenvalue weighted by molar-refractivity contribution is 8.38. The van der Waals surface area contributed by atoms with E-state index in [1.54, 1.807) is 12.3 Å². The topological polar surface area (TPSA) is 66.4 Å². The normalized spacial score (nSPS) is 11.1. The highest BCUT2D eigenvalue weighted by Crippen LogP contribution is 2.20. The van der Waals surface area contributed by atoms with E-state index in [0.717, 1.165) is 6.29 Å². The summed E-state index contributed by atoms with van der Waals surface area (Å²) in [6, 6.07) is 1.67. The minimum absolute atomic E-state index is 0.522. The van der Waals surface area contributed by atoms with E-state index in [-0.39, 0.29) is 0 Å². The lowest BCUT2D eigenvalue weighted by Crippen LogP contribution is -1.85. The van der Waals surface area contributed by atoms with Crippen LogP contribution in [0.3, 0.4) is 0 Å². The quantitative estimate of drug-likeness (QED) is 0.351. The van der Waals surface area contributed by atoms with Gasteiger partial charge >= 0.3 is 0 Å². The van der Waals surface area contributed by atoms with Gasteiger partial charge in [0.25, 0.3) is 0 Å². The molecule has 0 atom stereocenters. The summed E-state index contributed by atoms with van der Waals surface area (Å²) in [6.07, 6.45) is 5.72. The average Bonchev–Trinajstić information content (AvgIpc) is 2.72. The largest absolute Gasteiger partial charge is 0.468 e. The lowest BCUT2D eigenvalue weighted by molar-refractivity contribution is 0.112. The fourth-order valence-electron chi connectivity index (χ4n) is 0.846. The number of aldehydes is 1. The molecule has 0 saturated heterocycles. The van der Waals surface area contributed by atoms with E-state index in [4.69, 9.17) is 9.68 Å². The Balaban J connectivity index is 2.53. The van der Waals surface area contributed by atoms with Gasteiger partial charge in [0.05, 0.1) is 11.3 Å². The summed E-state index contributed by atoms with van der Waals surface area (Å²) >= 11 is 2.81.